The Kier molecular flexibility index (Phi) is 4.57. The van der Waals surface area contributed by atoms with Crippen LogP contribution in [0.4, 0.5) is 0 Å². The Bertz CT molecular complexity index is 327. The Morgan fingerprint density at radius 1 is 1.18 bits per heavy atom. The van der Waals surface area contributed by atoms with Gasteiger partial charge in [0.2, 0.25) is 0 Å². The minimum Gasteiger partial charge on any atom is -0.396 e. The van der Waals surface area contributed by atoms with Crippen LogP contribution in [0.5, 0.6) is 0 Å². The van der Waals surface area contributed by atoms with Crippen LogP contribution in [-0.2, 0) is 6.42 Å². The number of aliphatic hydroxyl groups excluding tert-OH is 1. The Balaban J connectivity index is 1.84. The van der Waals surface area contributed by atoms with Crippen molar-refractivity contribution in [2.75, 3.05) is 26.2 Å². The van der Waals surface area contributed by atoms with Crippen LogP contribution in [0, 0.1) is 0 Å². The first-order chi connectivity index (χ1) is 8.29. The Hall–Kier alpha value is -0.860. The van der Waals surface area contributed by atoms with Gasteiger partial charge in [0.1, 0.15) is 0 Å². The Morgan fingerprint density at radius 2 is 1.82 bits per heavy atom. The molecule has 94 valence electrons. The first kappa shape index (κ1) is 12.6. The molecule has 1 aromatic carbocycles. The zero-order valence-corrected chi connectivity index (χ0v) is 10.7. The summed E-state index contributed by atoms with van der Waals surface area (Å²) in [5.41, 5.74) is 2.64. The molecule has 0 aromatic heterocycles. The molecule has 1 aliphatic heterocycles. The van der Waals surface area contributed by atoms with Gasteiger partial charge < -0.3 is 10.0 Å². The summed E-state index contributed by atoms with van der Waals surface area (Å²) in [4.78, 5) is 2.55. The molecule has 1 saturated heterocycles. The van der Waals surface area contributed by atoms with Gasteiger partial charge in [0.15, 0.2) is 0 Å². The van der Waals surface area contributed by atoms with Crippen molar-refractivity contribution in [1.29, 1.82) is 0 Å². The molecule has 1 unspecified atom stereocenters. The second-order valence-electron chi connectivity index (χ2n) is 5.12. The Morgan fingerprint density at radius 3 is 2.41 bits per heavy atom. The van der Waals surface area contributed by atoms with Crippen molar-refractivity contribution in [2.45, 2.75) is 32.1 Å². The number of likely N-dealkylation sites (tertiary alicyclic amines) is 1. The van der Waals surface area contributed by atoms with E-state index in [-0.39, 0.29) is 12.5 Å². The number of aliphatic hydroxyl groups is 1. The number of hydrogen-bond acceptors (Lipinski definition) is 2. The van der Waals surface area contributed by atoms with Crippen LogP contribution in [0.3, 0.4) is 0 Å². The van der Waals surface area contributed by atoms with Gasteiger partial charge in [-0.25, -0.2) is 0 Å². The first-order valence-corrected chi connectivity index (χ1v) is 6.71. The molecule has 0 bridgehead atoms. The molecular formula is C15H23NO. The fourth-order valence-electron chi connectivity index (χ4n) is 2.41. The third-order valence-electron chi connectivity index (χ3n) is 3.74. The molecule has 0 saturated carbocycles. The van der Waals surface area contributed by atoms with E-state index in [9.17, 15) is 0 Å². The highest BCUT2D eigenvalue weighted by atomic mass is 16.3. The van der Waals surface area contributed by atoms with Gasteiger partial charge in [-0.3, -0.25) is 0 Å². The monoisotopic (exact) mass is 233 g/mol. The number of rotatable bonds is 5. The van der Waals surface area contributed by atoms with Crippen molar-refractivity contribution in [3.05, 3.63) is 35.4 Å². The SMILES string of the molecule is CC(CO)c1ccc(CCN2CCCC2)cc1. The van der Waals surface area contributed by atoms with Gasteiger partial charge in [0.05, 0.1) is 0 Å². The van der Waals surface area contributed by atoms with E-state index >= 15 is 0 Å². The smallest absolute Gasteiger partial charge is 0.0497 e. The number of nitrogens with zero attached hydrogens (tertiary/aromatic N) is 1. The fraction of sp³-hybridized carbons (Fsp3) is 0.600. The highest BCUT2D eigenvalue weighted by Crippen LogP contribution is 2.16. The number of hydrogen-bond donors (Lipinski definition) is 1. The van der Waals surface area contributed by atoms with Gasteiger partial charge >= 0.3 is 0 Å². The third kappa shape index (κ3) is 3.55. The van der Waals surface area contributed by atoms with Crippen LogP contribution < -0.4 is 0 Å². The predicted molar refractivity (Wildman–Crippen MR) is 71.3 cm³/mol. The molecule has 0 amide bonds. The van der Waals surface area contributed by atoms with E-state index in [1.807, 2.05) is 0 Å². The molecule has 0 spiro atoms. The lowest BCUT2D eigenvalue weighted by molar-refractivity contribution is 0.273. The summed E-state index contributed by atoms with van der Waals surface area (Å²) in [7, 11) is 0. The van der Waals surface area contributed by atoms with Crippen molar-refractivity contribution in [2.24, 2.45) is 0 Å². The summed E-state index contributed by atoms with van der Waals surface area (Å²) >= 11 is 0. The summed E-state index contributed by atoms with van der Waals surface area (Å²) in [5, 5.41) is 9.10. The van der Waals surface area contributed by atoms with Crippen LogP contribution >= 0.6 is 0 Å². The quantitative estimate of drug-likeness (QED) is 0.844. The largest absolute Gasteiger partial charge is 0.396 e. The van der Waals surface area contributed by atoms with Gasteiger partial charge in [0, 0.05) is 19.1 Å². The van der Waals surface area contributed by atoms with E-state index in [0.29, 0.717) is 0 Å². The molecule has 1 N–H and O–H groups in total. The Labute approximate surface area is 104 Å². The van der Waals surface area contributed by atoms with Gasteiger partial charge in [-0.2, -0.15) is 0 Å². The average Bonchev–Trinajstić information content (AvgIpc) is 2.89. The van der Waals surface area contributed by atoms with E-state index in [0.717, 1.165) is 6.42 Å². The van der Waals surface area contributed by atoms with E-state index in [4.69, 9.17) is 5.11 Å². The third-order valence-corrected chi connectivity index (χ3v) is 3.74. The van der Waals surface area contributed by atoms with Gasteiger partial charge in [0.25, 0.3) is 0 Å². The maximum atomic E-state index is 9.10. The molecule has 1 aliphatic rings. The number of benzene rings is 1. The second-order valence-corrected chi connectivity index (χ2v) is 5.12. The second kappa shape index (κ2) is 6.18. The molecule has 0 radical (unpaired) electrons. The standard InChI is InChI=1S/C15H23NO/c1-13(12-17)15-6-4-14(5-7-15)8-11-16-9-2-3-10-16/h4-7,13,17H,2-3,8-12H2,1H3. The summed E-state index contributed by atoms with van der Waals surface area (Å²) in [5.74, 6) is 0.252. The summed E-state index contributed by atoms with van der Waals surface area (Å²) < 4.78 is 0. The van der Waals surface area contributed by atoms with Crippen molar-refractivity contribution in [3.63, 3.8) is 0 Å². The van der Waals surface area contributed by atoms with Crippen LogP contribution in [0.15, 0.2) is 24.3 Å². The van der Waals surface area contributed by atoms with E-state index in [1.165, 1.54) is 43.6 Å². The normalized spacial score (nSPS) is 18.5. The first-order valence-electron chi connectivity index (χ1n) is 6.71. The maximum Gasteiger partial charge on any atom is 0.0497 e. The zero-order chi connectivity index (χ0) is 12.1. The molecule has 17 heavy (non-hydrogen) atoms. The minimum absolute atomic E-state index is 0.229. The lowest BCUT2D eigenvalue weighted by atomic mass is 10.00. The highest BCUT2D eigenvalue weighted by Gasteiger charge is 2.10. The average molecular weight is 233 g/mol. The van der Waals surface area contributed by atoms with Crippen LogP contribution in [-0.4, -0.2) is 36.2 Å². The van der Waals surface area contributed by atoms with Crippen molar-refractivity contribution >= 4 is 0 Å². The topological polar surface area (TPSA) is 23.5 Å². The molecular weight excluding hydrogens is 210 g/mol. The van der Waals surface area contributed by atoms with E-state index in [2.05, 4.69) is 36.1 Å². The predicted octanol–water partition coefficient (Wildman–Crippen LogP) is 2.42. The summed E-state index contributed by atoms with van der Waals surface area (Å²) in [6.45, 7) is 6.03. The molecule has 1 aromatic rings. The minimum atomic E-state index is 0.229. The lowest BCUT2D eigenvalue weighted by Gasteiger charge is -2.14. The molecule has 2 heteroatoms. The summed E-state index contributed by atoms with van der Waals surface area (Å²) in [6.07, 6.45) is 3.88. The van der Waals surface area contributed by atoms with Gasteiger partial charge in [-0.15, -0.1) is 0 Å². The van der Waals surface area contributed by atoms with Gasteiger partial charge in [-0.05, 0) is 43.5 Å². The van der Waals surface area contributed by atoms with Crippen molar-refractivity contribution in [1.82, 2.24) is 4.90 Å². The molecule has 2 rings (SSSR count). The van der Waals surface area contributed by atoms with Crippen molar-refractivity contribution < 1.29 is 5.11 Å². The van der Waals surface area contributed by atoms with Gasteiger partial charge in [-0.1, -0.05) is 31.2 Å². The molecule has 1 atom stereocenters. The molecule has 2 nitrogen and oxygen atoms in total. The van der Waals surface area contributed by atoms with Crippen molar-refractivity contribution in [3.8, 4) is 0 Å². The maximum absolute atomic E-state index is 9.10. The molecule has 1 fully saturated rings. The highest BCUT2D eigenvalue weighted by molar-refractivity contribution is 5.25. The van der Waals surface area contributed by atoms with E-state index in [1.54, 1.807) is 0 Å². The zero-order valence-electron chi connectivity index (χ0n) is 10.7. The van der Waals surface area contributed by atoms with Crippen LogP contribution in [0.25, 0.3) is 0 Å². The molecule has 0 aliphatic carbocycles. The fourth-order valence-corrected chi connectivity index (χ4v) is 2.41. The molecule has 1 heterocycles. The van der Waals surface area contributed by atoms with Crippen LogP contribution in [0.1, 0.15) is 36.8 Å². The summed E-state index contributed by atoms with van der Waals surface area (Å²) in [6, 6.07) is 8.72. The van der Waals surface area contributed by atoms with Crippen LogP contribution in [0.2, 0.25) is 0 Å². The van der Waals surface area contributed by atoms with E-state index < -0.39 is 0 Å². The lowest BCUT2D eigenvalue weighted by Crippen LogP contribution is -2.21.